The lowest BCUT2D eigenvalue weighted by atomic mass is 10.1. The van der Waals surface area contributed by atoms with E-state index in [0.717, 1.165) is 23.5 Å². The van der Waals surface area contributed by atoms with Crippen molar-refractivity contribution in [2.24, 2.45) is 0 Å². The van der Waals surface area contributed by atoms with Crippen molar-refractivity contribution in [3.8, 4) is 5.75 Å². The molecule has 1 aromatic rings. The Bertz CT molecular complexity index is 387. The maximum absolute atomic E-state index is 11.5. The number of fused-ring (bicyclic) bond motifs is 1. The number of hydrogen-bond donors (Lipinski definition) is 0. The number of carbonyl (C=O) groups excluding carboxylic acids is 1. The van der Waals surface area contributed by atoms with Crippen LogP contribution in [-0.4, -0.2) is 26.5 Å². The van der Waals surface area contributed by atoms with E-state index in [9.17, 15) is 4.79 Å². The number of anilines is 1. The summed E-state index contributed by atoms with van der Waals surface area (Å²) in [5, 5.41) is 0. The van der Waals surface area contributed by atoms with Crippen molar-refractivity contribution >= 4 is 11.5 Å². The van der Waals surface area contributed by atoms with Gasteiger partial charge in [0.15, 0.2) is 0 Å². The molecule has 0 aromatic heterocycles. The van der Waals surface area contributed by atoms with E-state index in [1.165, 1.54) is 0 Å². The molecular formula is C12H15NO2. The Morgan fingerprint density at radius 3 is 2.93 bits per heavy atom. The van der Waals surface area contributed by atoms with Crippen LogP contribution in [0, 0.1) is 0 Å². The van der Waals surface area contributed by atoms with Crippen molar-refractivity contribution in [3.63, 3.8) is 0 Å². The minimum absolute atomic E-state index is 0.300. The molecule has 80 valence electrons. The summed E-state index contributed by atoms with van der Waals surface area (Å²) in [5.41, 5.74) is 2.21. The fourth-order valence-corrected chi connectivity index (χ4v) is 1.92. The molecule has 0 saturated heterocycles. The third kappa shape index (κ3) is 1.96. The molecule has 0 unspecified atom stereocenters. The molecule has 0 fully saturated rings. The van der Waals surface area contributed by atoms with Crippen LogP contribution in [-0.2, 0) is 11.2 Å². The molecule has 1 aromatic carbocycles. The molecule has 0 bridgehead atoms. The molecule has 0 radical (unpaired) electrons. The van der Waals surface area contributed by atoms with Crippen molar-refractivity contribution < 1.29 is 9.53 Å². The van der Waals surface area contributed by atoms with Crippen molar-refractivity contribution in [1.82, 2.24) is 0 Å². The van der Waals surface area contributed by atoms with Gasteiger partial charge in [0, 0.05) is 32.1 Å². The van der Waals surface area contributed by atoms with Crippen LogP contribution >= 0.6 is 0 Å². The lowest BCUT2D eigenvalue weighted by Gasteiger charge is -2.19. The Morgan fingerprint density at radius 2 is 2.20 bits per heavy atom. The van der Waals surface area contributed by atoms with Gasteiger partial charge in [-0.1, -0.05) is 0 Å². The van der Waals surface area contributed by atoms with Crippen molar-refractivity contribution in [2.45, 2.75) is 12.8 Å². The average molecular weight is 205 g/mol. The second kappa shape index (κ2) is 3.93. The summed E-state index contributed by atoms with van der Waals surface area (Å²) in [6.07, 6.45) is 1.16. The van der Waals surface area contributed by atoms with E-state index >= 15 is 0 Å². The quantitative estimate of drug-likeness (QED) is 0.698. The third-order valence-corrected chi connectivity index (χ3v) is 2.81. The van der Waals surface area contributed by atoms with Gasteiger partial charge in [-0.25, -0.2) is 0 Å². The van der Waals surface area contributed by atoms with E-state index in [2.05, 4.69) is 4.90 Å². The summed E-state index contributed by atoms with van der Waals surface area (Å²) in [4.78, 5) is 13.6. The van der Waals surface area contributed by atoms with Gasteiger partial charge >= 0.3 is 0 Å². The lowest BCUT2D eigenvalue weighted by Crippen LogP contribution is -2.18. The molecule has 0 saturated carbocycles. The van der Waals surface area contributed by atoms with Crippen LogP contribution in [0.25, 0.3) is 0 Å². The largest absolute Gasteiger partial charge is 0.497 e. The summed E-state index contributed by atoms with van der Waals surface area (Å²) in [6.45, 7) is 0.804. The first kappa shape index (κ1) is 10.0. The minimum atomic E-state index is 0.300. The molecule has 0 N–H and O–H groups in total. The van der Waals surface area contributed by atoms with E-state index < -0.39 is 0 Å². The zero-order valence-electron chi connectivity index (χ0n) is 9.12. The smallest absolute Gasteiger partial charge is 0.139 e. The predicted octanol–water partition coefficient (Wildman–Crippen LogP) is 1.65. The van der Waals surface area contributed by atoms with Gasteiger partial charge in [-0.2, -0.15) is 0 Å². The topological polar surface area (TPSA) is 29.5 Å². The number of ether oxygens (including phenoxy) is 1. The molecule has 3 nitrogen and oxygen atoms in total. The molecular weight excluding hydrogens is 190 g/mol. The molecule has 1 aliphatic heterocycles. The maximum Gasteiger partial charge on any atom is 0.139 e. The fraction of sp³-hybridized carbons (Fsp3) is 0.417. The van der Waals surface area contributed by atoms with Crippen LogP contribution in [0.2, 0.25) is 0 Å². The molecule has 3 heteroatoms. The summed E-state index contributed by atoms with van der Waals surface area (Å²) in [7, 11) is 3.66. The van der Waals surface area contributed by atoms with Gasteiger partial charge in [-0.15, -0.1) is 0 Å². The standard InChI is InChI=1S/C12H15NO2/c1-13-6-5-10(14)7-9-8-11(15-2)3-4-12(9)13/h3-4,8H,5-7H2,1-2H3. The highest BCUT2D eigenvalue weighted by Gasteiger charge is 2.17. The molecule has 2 rings (SSSR count). The van der Waals surface area contributed by atoms with E-state index in [-0.39, 0.29) is 0 Å². The van der Waals surface area contributed by atoms with Crippen LogP contribution in [0.5, 0.6) is 5.75 Å². The normalized spacial score (nSPS) is 15.9. The monoisotopic (exact) mass is 205 g/mol. The lowest BCUT2D eigenvalue weighted by molar-refractivity contribution is -0.118. The summed E-state index contributed by atoms with van der Waals surface area (Å²) in [5.74, 6) is 1.12. The molecule has 1 aliphatic rings. The Kier molecular flexibility index (Phi) is 2.62. The maximum atomic E-state index is 11.5. The molecule has 15 heavy (non-hydrogen) atoms. The number of carbonyl (C=O) groups is 1. The highest BCUT2D eigenvalue weighted by atomic mass is 16.5. The van der Waals surface area contributed by atoms with E-state index in [1.54, 1.807) is 7.11 Å². The SMILES string of the molecule is COc1ccc2c(c1)CC(=O)CCN2C. The summed E-state index contributed by atoms with van der Waals surface area (Å²) in [6, 6.07) is 5.91. The van der Waals surface area contributed by atoms with Crippen LogP contribution in [0.3, 0.4) is 0 Å². The second-order valence-electron chi connectivity index (χ2n) is 3.88. The minimum Gasteiger partial charge on any atom is -0.497 e. The second-order valence-corrected chi connectivity index (χ2v) is 3.88. The highest BCUT2D eigenvalue weighted by molar-refractivity contribution is 5.84. The highest BCUT2D eigenvalue weighted by Crippen LogP contribution is 2.27. The molecule has 0 aliphatic carbocycles. The van der Waals surface area contributed by atoms with Gasteiger partial charge in [0.05, 0.1) is 7.11 Å². The van der Waals surface area contributed by atoms with E-state index in [0.29, 0.717) is 18.6 Å². The number of benzene rings is 1. The van der Waals surface area contributed by atoms with Gasteiger partial charge in [-0.3, -0.25) is 4.79 Å². The fourth-order valence-electron chi connectivity index (χ4n) is 1.92. The Morgan fingerprint density at radius 1 is 1.40 bits per heavy atom. The molecule has 0 spiro atoms. The first-order valence-electron chi connectivity index (χ1n) is 5.10. The Labute approximate surface area is 89.7 Å². The molecule has 0 atom stereocenters. The third-order valence-electron chi connectivity index (χ3n) is 2.81. The summed E-state index contributed by atoms with van der Waals surface area (Å²) >= 11 is 0. The number of nitrogens with zero attached hydrogens (tertiary/aromatic N) is 1. The molecule has 1 heterocycles. The Balaban J connectivity index is 2.43. The summed E-state index contributed by atoms with van der Waals surface area (Å²) < 4.78 is 5.16. The number of ketones is 1. The zero-order valence-corrected chi connectivity index (χ0v) is 9.12. The van der Waals surface area contributed by atoms with Gasteiger partial charge < -0.3 is 9.64 Å². The number of rotatable bonds is 1. The number of methoxy groups -OCH3 is 1. The van der Waals surface area contributed by atoms with Crippen molar-refractivity contribution in [3.05, 3.63) is 23.8 Å². The van der Waals surface area contributed by atoms with Crippen LogP contribution in [0.4, 0.5) is 5.69 Å². The van der Waals surface area contributed by atoms with Gasteiger partial charge in [0.25, 0.3) is 0 Å². The number of hydrogen-bond acceptors (Lipinski definition) is 3. The van der Waals surface area contributed by atoms with Crippen LogP contribution < -0.4 is 9.64 Å². The Hall–Kier alpha value is -1.51. The van der Waals surface area contributed by atoms with Gasteiger partial charge in [0.1, 0.15) is 11.5 Å². The van der Waals surface area contributed by atoms with Crippen LogP contribution in [0.15, 0.2) is 18.2 Å². The van der Waals surface area contributed by atoms with Gasteiger partial charge in [0.2, 0.25) is 0 Å². The first-order chi connectivity index (χ1) is 7.20. The van der Waals surface area contributed by atoms with E-state index in [1.807, 2.05) is 25.2 Å². The number of Topliss-reactive ketones (excluding diaryl/α,β-unsaturated/α-hetero) is 1. The van der Waals surface area contributed by atoms with Crippen molar-refractivity contribution in [1.29, 1.82) is 0 Å². The molecule has 0 amide bonds. The van der Waals surface area contributed by atoms with Crippen LogP contribution in [0.1, 0.15) is 12.0 Å². The predicted molar refractivity (Wildman–Crippen MR) is 59.6 cm³/mol. The average Bonchev–Trinajstić information content (AvgIpc) is 2.38. The van der Waals surface area contributed by atoms with Gasteiger partial charge in [-0.05, 0) is 23.8 Å². The first-order valence-corrected chi connectivity index (χ1v) is 5.10. The zero-order chi connectivity index (χ0) is 10.8. The van der Waals surface area contributed by atoms with E-state index in [4.69, 9.17) is 4.74 Å². The van der Waals surface area contributed by atoms with Crippen molar-refractivity contribution in [2.75, 3.05) is 25.6 Å².